The minimum atomic E-state index is 0.365. The Labute approximate surface area is 123 Å². The fraction of sp³-hybridized carbons (Fsp3) is 0.647. The number of phenols is 1. The molecule has 0 aromatic heterocycles. The van der Waals surface area contributed by atoms with Crippen LogP contribution < -0.4 is 5.32 Å². The maximum atomic E-state index is 10.3. The number of hydrogen-bond acceptors (Lipinski definition) is 3. The number of rotatable bonds is 6. The Morgan fingerprint density at radius 2 is 2.00 bits per heavy atom. The van der Waals surface area contributed by atoms with Crippen LogP contribution in [0.4, 0.5) is 0 Å². The van der Waals surface area contributed by atoms with Gasteiger partial charge in [-0.25, -0.2) is 0 Å². The van der Waals surface area contributed by atoms with Crippen molar-refractivity contribution in [2.45, 2.75) is 45.6 Å². The summed E-state index contributed by atoms with van der Waals surface area (Å²) in [6.07, 6.45) is 4.90. The molecule has 1 saturated heterocycles. The van der Waals surface area contributed by atoms with E-state index in [0.717, 1.165) is 43.7 Å². The van der Waals surface area contributed by atoms with Crippen LogP contribution in [0.25, 0.3) is 0 Å². The molecule has 0 aliphatic carbocycles. The minimum Gasteiger partial charge on any atom is -0.508 e. The molecule has 0 saturated carbocycles. The summed E-state index contributed by atoms with van der Waals surface area (Å²) in [4.78, 5) is 2.52. The van der Waals surface area contributed by atoms with E-state index in [-0.39, 0.29) is 0 Å². The number of piperazine rings is 1. The highest BCUT2D eigenvalue weighted by Gasteiger charge is 2.23. The first-order chi connectivity index (χ1) is 9.72. The summed E-state index contributed by atoms with van der Waals surface area (Å²) >= 11 is 0. The zero-order chi connectivity index (χ0) is 14.4. The van der Waals surface area contributed by atoms with E-state index < -0.39 is 0 Å². The molecule has 1 fully saturated rings. The van der Waals surface area contributed by atoms with Gasteiger partial charge in [-0.2, -0.15) is 0 Å². The molecular formula is C17H28N2O. The predicted molar refractivity (Wildman–Crippen MR) is 84.2 cm³/mol. The first kappa shape index (κ1) is 15.3. The maximum Gasteiger partial charge on any atom is 0.120 e. The van der Waals surface area contributed by atoms with E-state index in [1.54, 1.807) is 0 Å². The molecule has 20 heavy (non-hydrogen) atoms. The Balaban J connectivity index is 2.15. The van der Waals surface area contributed by atoms with E-state index in [4.69, 9.17) is 0 Å². The quantitative estimate of drug-likeness (QED) is 0.783. The maximum absolute atomic E-state index is 10.3. The molecule has 2 N–H and O–H groups in total. The lowest BCUT2D eigenvalue weighted by molar-refractivity contribution is 0.160. The van der Waals surface area contributed by atoms with Crippen molar-refractivity contribution < 1.29 is 5.11 Å². The predicted octanol–water partition coefficient (Wildman–Crippen LogP) is 3.23. The Bertz CT molecular complexity index is 413. The van der Waals surface area contributed by atoms with Crippen LogP contribution in [0.3, 0.4) is 0 Å². The monoisotopic (exact) mass is 276 g/mol. The van der Waals surface area contributed by atoms with Gasteiger partial charge in [0.25, 0.3) is 0 Å². The third kappa shape index (κ3) is 3.97. The van der Waals surface area contributed by atoms with Gasteiger partial charge in [-0.3, -0.25) is 4.90 Å². The zero-order valence-electron chi connectivity index (χ0n) is 12.9. The number of benzene rings is 1. The molecule has 3 heteroatoms. The SMILES string of the molecule is CCCCC[C@H](c1ccc(C)cc1O)N1CCNCC1. The standard InChI is InChI=1S/C17H28N2O/c1-3-4-5-6-16(19-11-9-18-10-12-19)15-8-7-14(2)13-17(15)20/h7-8,13,16,18,20H,3-6,9-12H2,1-2H3/t16-/m1/s1. The third-order valence-electron chi connectivity index (χ3n) is 4.22. The summed E-state index contributed by atoms with van der Waals surface area (Å²) in [6.45, 7) is 8.52. The van der Waals surface area contributed by atoms with Crippen molar-refractivity contribution in [1.29, 1.82) is 0 Å². The highest BCUT2D eigenvalue weighted by atomic mass is 16.3. The van der Waals surface area contributed by atoms with Crippen LogP contribution in [0.5, 0.6) is 5.75 Å². The van der Waals surface area contributed by atoms with E-state index >= 15 is 0 Å². The van der Waals surface area contributed by atoms with Crippen LogP contribution in [0, 0.1) is 6.92 Å². The summed E-state index contributed by atoms with van der Waals surface area (Å²) in [5.41, 5.74) is 2.23. The molecule has 0 amide bonds. The third-order valence-corrected chi connectivity index (χ3v) is 4.22. The largest absolute Gasteiger partial charge is 0.508 e. The second-order valence-corrected chi connectivity index (χ2v) is 5.86. The average Bonchev–Trinajstić information content (AvgIpc) is 2.46. The van der Waals surface area contributed by atoms with E-state index in [0.29, 0.717) is 11.8 Å². The van der Waals surface area contributed by atoms with Gasteiger partial charge in [0.2, 0.25) is 0 Å². The van der Waals surface area contributed by atoms with Gasteiger partial charge in [0.15, 0.2) is 0 Å². The lowest BCUT2D eigenvalue weighted by Gasteiger charge is -2.35. The van der Waals surface area contributed by atoms with Gasteiger partial charge in [0.1, 0.15) is 5.75 Å². The van der Waals surface area contributed by atoms with Crippen LogP contribution in [0.1, 0.15) is 49.8 Å². The molecule has 1 aromatic rings. The van der Waals surface area contributed by atoms with Crippen molar-refractivity contribution in [3.05, 3.63) is 29.3 Å². The summed E-state index contributed by atoms with van der Waals surface area (Å²) < 4.78 is 0. The van der Waals surface area contributed by atoms with Crippen molar-refractivity contribution in [3.63, 3.8) is 0 Å². The summed E-state index contributed by atoms with van der Waals surface area (Å²) in [7, 11) is 0. The van der Waals surface area contributed by atoms with Crippen LogP contribution in [0.2, 0.25) is 0 Å². The van der Waals surface area contributed by atoms with Gasteiger partial charge in [-0.05, 0) is 25.0 Å². The van der Waals surface area contributed by atoms with Crippen molar-refractivity contribution in [2.75, 3.05) is 26.2 Å². The lowest BCUT2D eigenvalue weighted by atomic mass is 9.96. The first-order valence-corrected chi connectivity index (χ1v) is 7.96. The Kier molecular flexibility index (Phi) is 5.86. The fourth-order valence-corrected chi connectivity index (χ4v) is 3.05. The van der Waals surface area contributed by atoms with E-state index in [1.165, 1.54) is 19.3 Å². The van der Waals surface area contributed by atoms with Gasteiger partial charge >= 0.3 is 0 Å². The topological polar surface area (TPSA) is 35.5 Å². The smallest absolute Gasteiger partial charge is 0.120 e. The number of aryl methyl sites for hydroxylation is 1. The van der Waals surface area contributed by atoms with Crippen molar-refractivity contribution >= 4 is 0 Å². The lowest BCUT2D eigenvalue weighted by Crippen LogP contribution is -2.45. The summed E-state index contributed by atoms with van der Waals surface area (Å²) in [6, 6.07) is 6.49. The number of aromatic hydroxyl groups is 1. The molecule has 0 bridgehead atoms. The molecule has 112 valence electrons. The summed E-state index contributed by atoms with van der Waals surface area (Å²) in [5.74, 6) is 0.463. The number of unbranched alkanes of at least 4 members (excludes halogenated alkanes) is 2. The Morgan fingerprint density at radius 3 is 2.65 bits per heavy atom. The molecule has 1 atom stereocenters. The molecule has 3 nitrogen and oxygen atoms in total. The molecule has 0 unspecified atom stereocenters. The van der Waals surface area contributed by atoms with Gasteiger partial charge in [-0.15, -0.1) is 0 Å². The second kappa shape index (κ2) is 7.65. The van der Waals surface area contributed by atoms with E-state index in [9.17, 15) is 5.11 Å². The minimum absolute atomic E-state index is 0.365. The zero-order valence-corrected chi connectivity index (χ0v) is 12.9. The number of hydrogen-bond donors (Lipinski definition) is 2. The Hall–Kier alpha value is -1.06. The van der Waals surface area contributed by atoms with E-state index in [1.807, 2.05) is 13.0 Å². The van der Waals surface area contributed by atoms with E-state index in [2.05, 4.69) is 29.3 Å². The van der Waals surface area contributed by atoms with Crippen LogP contribution >= 0.6 is 0 Å². The van der Waals surface area contributed by atoms with Gasteiger partial charge in [0.05, 0.1) is 0 Å². The molecule has 1 aliphatic rings. The molecule has 1 aromatic carbocycles. The van der Waals surface area contributed by atoms with Crippen LogP contribution in [0.15, 0.2) is 18.2 Å². The van der Waals surface area contributed by atoms with Gasteiger partial charge < -0.3 is 10.4 Å². The molecule has 0 spiro atoms. The molecular weight excluding hydrogens is 248 g/mol. The van der Waals surface area contributed by atoms with Gasteiger partial charge in [-0.1, -0.05) is 38.3 Å². The van der Waals surface area contributed by atoms with Crippen molar-refractivity contribution in [3.8, 4) is 5.75 Å². The van der Waals surface area contributed by atoms with Crippen molar-refractivity contribution in [2.24, 2.45) is 0 Å². The number of nitrogens with one attached hydrogen (secondary N) is 1. The Morgan fingerprint density at radius 1 is 1.25 bits per heavy atom. The highest BCUT2D eigenvalue weighted by molar-refractivity contribution is 5.38. The second-order valence-electron chi connectivity index (χ2n) is 5.86. The van der Waals surface area contributed by atoms with Crippen LogP contribution in [-0.2, 0) is 0 Å². The van der Waals surface area contributed by atoms with Gasteiger partial charge in [0, 0.05) is 37.8 Å². The molecule has 1 heterocycles. The molecule has 2 rings (SSSR count). The molecule has 1 aliphatic heterocycles. The van der Waals surface area contributed by atoms with Crippen molar-refractivity contribution in [1.82, 2.24) is 10.2 Å². The fourth-order valence-electron chi connectivity index (χ4n) is 3.05. The normalized spacial score (nSPS) is 18.1. The van der Waals surface area contributed by atoms with Crippen LogP contribution in [-0.4, -0.2) is 36.2 Å². The summed E-state index contributed by atoms with van der Waals surface area (Å²) in [5, 5.41) is 13.7. The highest BCUT2D eigenvalue weighted by Crippen LogP contribution is 2.33. The average molecular weight is 276 g/mol. The first-order valence-electron chi connectivity index (χ1n) is 7.96. The molecule has 0 radical (unpaired) electrons. The number of phenolic OH excluding ortho intramolecular Hbond substituents is 1. The number of nitrogens with zero attached hydrogens (tertiary/aromatic N) is 1.